The summed E-state index contributed by atoms with van der Waals surface area (Å²) < 4.78 is 7.26. The summed E-state index contributed by atoms with van der Waals surface area (Å²) in [5, 5.41) is 7.70. The fraction of sp³-hybridized carbons (Fsp3) is 0.417. The van der Waals surface area contributed by atoms with Crippen LogP contribution in [0, 0.1) is 0 Å². The van der Waals surface area contributed by atoms with Crippen molar-refractivity contribution in [3.8, 4) is 0 Å². The molecule has 1 unspecified atom stereocenters. The Kier molecular flexibility index (Phi) is 3.10. The molecule has 16 heavy (non-hydrogen) atoms. The smallest absolute Gasteiger partial charge is 0.108 e. The number of hydrogen-bond donors (Lipinski definition) is 1. The van der Waals surface area contributed by atoms with E-state index in [9.17, 15) is 0 Å². The Labute approximate surface area is 95.3 Å². The van der Waals surface area contributed by atoms with Crippen molar-refractivity contribution in [2.24, 2.45) is 7.05 Å². The normalized spacial score (nSPS) is 12.9. The molecule has 0 aromatic carbocycles. The van der Waals surface area contributed by atoms with Crippen LogP contribution in [-0.4, -0.2) is 16.8 Å². The molecule has 0 aliphatic heterocycles. The zero-order valence-corrected chi connectivity index (χ0v) is 9.90. The first-order chi connectivity index (χ1) is 7.76. The van der Waals surface area contributed by atoms with Crippen molar-refractivity contribution in [3.05, 3.63) is 41.6 Å². The summed E-state index contributed by atoms with van der Waals surface area (Å²) in [6, 6.07) is 4.14. The standard InChI is InChI=1S/C12H17N3O/c1-4-11-9(6-8-16-11)12(13-2)10-5-7-15(3)14-10/h5-8,12-13H,4H2,1-3H3. The maximum Gasteiger partial charge on any atom is 0.108 e. The van der Waals surface area contributed by atoms with Gasteiger partial charge >= 0.3 is 0 Å². The van der Waals surface area contributed by atoms with Crippen LogP contribution in [0.1, 0.15) is 30.0 Å². The summed E-state index contributed by atoms with van der Waals surface area (Å²) in [5.74, 6) is 1.02. The van der Waals surface area contributed by atoms with E-state index in [-0.39, 0.29) is 6.04 Å². The molecule has 0 aliphatic carbocycles. The van der Waals surface area contributed by atoms with Crippen LogP contribution >= 0.6 is 0 Å². The van der Waals surface area contributed by atoms with E-state index >= 15 is 0 Å². The molecule has 0 bridgehead atoms. The van der Waals surface area contributed by atoms with Gasteiger partial charge in [-0.2, -0.15) is 5.10 Å². The minimum absolute atomic E-state index is 0.106. The maximum absolute atomic E-state index is 5.45. The number of rotatable bonds is 4. The average Bonchev–Trinajstić information content (AvgIpc) is 2.89. The lowest BCUT2D eigenvalue weighted by molar-refractivity contribution is 0.503. The topological polar surface area (TPSA) is 43.0 Å². The van der Waals surface area contributed by atoms with Gasteiger partial charge in [0.15, 0.2) is 0 Å². The molecule has 2 heterocycles. The van der Waals surface area contributed by atoms with Crippen molar-refractivity contribution in [2.45, 2.75) is 19.4 Å². The second-order valence-electron chi connectivity index (χ2n) is 3.79. The van der Waals surface area contributed by atoms with Crippen molar-refractivity contribution in [2.75, 3.05) is 7.05 Å². The van der Waals surface area contributed by atoms with E-state index in [1.54, 1.807) is 6.26 Å². The zero-order valence-electron chi connectivity index (χ0n) is 9.90. The van der Waals surface area contributed by atoms with Gasteiger partial charge in [0.25, 0.3) is 0 Å². The highest BCUT2D eigenvalue weighted by Gasteiger charge is 2.19. The first kappa shape index (κ1) is 11.0. The zero-order chi connectivity index (χ0) is 11.5. The Morgan fingerprint density at radius 2 is 2.31 bits per heavy atom. The predicted molar refractivity (Wildman–Crippen MR) is 62.2 cm³/mol. The Hall–Kier alpha value is -1.55. The summed E-state index contributed by atoms with van der Waals surface area (Å²) in [4.78, 5) is 0. The lowest BCUT2D eigenvalue weighted by atomic mass is 10.0. The molecule has 0 saturated heterocycles. The largest absolute Gasteiger partial charge is 0.469 e. The molecule has 86 valence electrons. The van der Waals surface area contributed by atoms with Crippen molar-refractivity contribution in [1.82, 2.24) is 15.1 Å². The molecule has 2 rings (SSSR count). The molecular weight excluding hydrogens is 202 g/mol. The highest BCUT2D eigenvalue weighted by atomic mass is 16.3. The second-order valence-corrected chi connectivity index (χ2v) is 3.79. The summed E-state index contributed by atoms with van der Waals surface area (Å²) in [6.45, 7) is 2.09. The summed E-state index contributed by atoms with van der Waals surface area (Å²) in [7, 11) is 3.86. The van der Waals surface area contributed by atoms with E-state index < -0.39 is 0 Å². The number of nitrogens with one attached hydrogen (secondary N) is 1. The Morgan fingerprint density at radius 1 is 1.50 bits per heavy atom. The fourth-order valence-electron chi connectivity index (χ4n) is 1.94. The number of hydrogen-bond acceptors (Lipinski definition) is 3. The van der Waals surface area contributed by atoms with Crippen LogP contribution in [0.5, 0.6) is 0 Å². The second kappa shape index (κ2) is 4.53. The Morgan fingerprint density at radius 3 is 2.88 bits per heavy atom. The molecule has 0 spiro atoms. The van der Waals surface area contributed by atoms with Crippen molar-refractivity contribution in [1.29, 1.82) is 0 Å². The van der Waals surface area contributed by atoms with E-state index in [1.165, 1.54) is 5.56 Å². The van der Waals surface area contributed by atoms with Gasteiger partial charge in [0.05, 0.1) is 18.0 Å². The van der Waals surface area contributed by atoms with Gasteiger partial charge in [0.1, 0.15) is 5.76 Å². The molecule has 2 aromatic rings. The van der Waals surface area contributed by atoms with Crippen molar-refractivity contribution < 1.29 is 4.42 Å². The molecule has 0 aliphatic rings. The highest BCUT2D eigenvalue weighted by molar-refractivity contribution is 5.29. The minimum atomic E-state index is 0.106. The van der Waals surface area contributed by atoms with Gasteiger partial charge < -0.3 is 9.73 Å². The first-order valence-electron chi connectivity index (χ1n) is 5.49. The van der Waals surface area contributed by atoms with Gasteiger partial charge in [0.2, 0.25) is 0 Å². The van der Waals surface area contributed by atoms with Crippen LogP contribution in [0.3, 0.4) is 0 Å². The molecular formula is C12H17N3O. The van der Waals surface area contributed by atoms with E-state index in [1.807, 2.05) is 37.1 Å². The highest BCUT2D eigenvalue weighted by Crippen LogP contribution is 2.24. The number of furan rings is 1. The van der Waals surface area contributed by atoms with E-state index in [2.05, 4.69) is 17.3 Å². The van der Waals surface area contributed by atoms with Crippen molar-refractivity contribution >= 4 is 0 Å². The molecule has 0 radical (unpaired) electrons. The van der Waals surface area contributed by atoms with Gasteiger partial charge in [-0.1, -0.05) is 6.92 Å². The van der Waals surface area contributed by atoms with Gasteiger partial charge in [-0.05, 0) is 19.2 Å². The summed E-state index contributed by atoms with van der Waals surface area (Å²) in [5.41, 5.74) is 2.19. The summed E-state index contributed by atoms with van der Waals surface area (Å²) in [6.07, 6.45) is 4.58. The monoisotopic (exact) mass is 219 g/mol. The minimum Gasteiger partial charge on any atom is -0.469 e. The fourth-order valence-corrected chi connectivity index (χ4v) is 1.94. The van der Waals surface area contributed by atoms with Gasteiger partial charge in [0, 0.05) is 25.2 Å². The van der Waals surface area contributed by atoms with Crippen LogP contribution in [0.2, 0.25) is 0 Å². The Balaban J connectivity index is 2.36. The molecule has 4 nitrogen and oxygen atoms in total. The summed E-state index contributed by atoms with van der Waals surface area (Å²) >= 11 is 0. The quantitative estimate of drug-likeness (QED) is 0.853. The number of aryl methyl sites for hydroxylation is 2. The molecule has 1 atom stereocenters. The maximum atomic E-state index is 5.45. The van der Waals surface area contributed by atoms with E-state index in [0.29, 0.717) is 0 Å². The van der Waals surface area contributed by atoms with Crippen LogP contribution in [0.25, 0.3) is 0 Å². The Bertz CT molecular complexity index is 458. The third-order valence-electron chi connectivity index (χ3n) is 2.73. The van der Waals surface area contributed by atoms with Gasteiger partial charge in [-0.15, -0.1) is 0 Å². The van der Waals surface area contributed by atoms with E-state index in [0.717, 1.165) is 17.9 Å². The molecule has 0 amide bonds. The van der Waals surface area contributed by atoms with Gasteiger partial charge in [-0.3, -0.25) is 4.68 Å². The molecule has 0 fully saturated rings. The third kappa shape index (κ3) is 1.88. The van der Waals surface area contributed by atoms with Crippen molar-refractivity contribution in [3.63, 3.8) is 0 Å². The van der Waals surface area contributed by atoms with Crippen LogP contribution in [0.4, 0.5) is 0 Å². The van der Waals surface area contributed by atoms with Crippen LogP contribution < -0.4 is 5.32 Å². The molecule has 0 saturated carbocycles. The first-order valence-corrected chi connectivity index (χ1v) is 5.49. The predicted octanol–water partition coefficient (Wildman–Crippen LogP) is 1.88. The van der Waals surface area contributed by atoms with Crippen LogP contribution in [0.15, 0.2) is 29.0 Å². The van der Waals surface area contributed by atoms with Gasteiger partial charge in [-0.25, -0.2) is 0 Å². The molecule has 1 N–H and O–H groups in total. The van der Waals surface area contributed by atoms with E-state index in [4.69, 9.17) is 4.42 Å². The van der Waals surface area contributed by atoms with Crippen LogP contribution in [-0.2, 0) is 13.5 Å². The molecule has 2 aromatic heterocycles. The number of nitrogens with zero attached hydrogens (tertiary/aromatic N) is 2. The average molecular weight is 219 g/mol. The third-order valence-corrected chi connectivity index (χ3v) is 2.73. The SMILES string of the molecule is CCc1occc1C(NC)c1ccn(C)n1. The molecule has 4 heteroatoms. The lowest BCUT2D eigenvalue weighted by Crippen LogP contribution is -2.19. The number of aromatic nitrogens is 2. The lowest BCUT2D eigenvalue weighted by Gasteiger charge is -2.13.